The normalized spacial score (nSPS) is 12.0. The second-order valence-corrected chi connectivity index (χ2v) is 6.82. The van der Waals surface area contributed by atoms with E-state index in [2.05, 4.69) is 17.2 Å². The van der Waals surface area contributed by atoms with Crippen LogP contribution in [0.5, 0.6) is 17.2 Å². The molecule has 0 saturated carbocycles. The van der Waals surface area contributed by atoms with Gasteiger partial charge in [-0.05, 0) is 57.0 Å². The lowest BCUT2D eigenvalue weighted by atomic mass is 10.1. The predicted octanol–water partition coefficient (Wildman–Crippen LogP) is 5.02. The van der Waals surface area contributed by atoms with Crippen molar-refractivity contribution in [2.75, 3.05) is 19.0 Å². The maximum atomic E-state index is 14.2. The molecule has 2 aromatic carbocycles. The van der Waals surface area contributed by atoms with Crippen molar-refractivity contribution in [3.05, 3.63) is 54.0 Å². The fourth-order valence-corrected chi connectivity index (χ4v) is 3.20. The minimum absolute atomic E-state index is 0.141. The number of methoxy groups -OCH3 is 1. The van der Waals surface area contributed by atoms with Crippen LogP contribution in [0, 0.1) is 12.7 Å². The van der Waals surface area contributed by atoms with Crippen LogP contribution in [0.4, 0.5) is 10.1 Å². The average Bonchev–Trinajstić information content (AvgIpc) is 2.69. The maximum absolute atomic E-state index is 14.2. The standard InChI is InChI=1S/C22H26FN3O2/c1-14-10-12-25-21-17(26-15(2)7-6-11-24)13-19(27-3)22(20(14)21)28-18-9-5-4-8-16(18)23/h4-5,8-10,12-13,15,26H,6-7,11,24H2,1-3H3. The molecular formula is C22H26FN3O2. The van der Waals surface area contributed by atoms with Crippen LogP contribution in [-0.2, 0) is 0 Å². The molecule has 1 unspecified atom stereocenters. The Bertz CT molecular complexity index is 962. The number of halogens is 1. The summed E-state index contributed by atoms with van der Waals surface area (Å²) in [5.74, 6) is 0.674. The van der Waals surface area contributed by atoms with Crippen molar-refractivity contribution in [2.45, 2.75) is 32.7 Å². The third kappa shape index (κ3) is 4.17. The number of nitrogens with two attached hydrogens (primary N) is 1. The van der Waals surface area contributed by atoms with Gasteiger partial charge in [0.15, 0.2) is 23.1 Å². The second-order valence-electron chi connectivity index (χ2n) is 6.82. The molecule has 0 aliphatic carbocycles. The number of aryl methyl sites for hydroxylation is 1. The molecule has 6 heteroatoms. The van der Waals surface area contributed by atoms with Crippen molar-refractivity contribution < 1.29 is 13.9 Å². The predicted molar refractivity (Wildman–Crippen MR) is 111 cm³/mol. The van der Waals surface area contributed by atoms with Crippen LogP contribution in [0.3, 0.4) is 0 Å². The number of anilines is 1. The number of ether oxygens (including phenoxy) is 2. The van der Waals surface area contributed by atoms with Crippen LogP contribution in [0.15, 0.2) is 42.6 Å². The number of para-hydroxylation sites is 1. The van der Waals surface area contributed by atoms with Crippen molar-refractivity contribution in [3.8, 4) is 17.2 Å². The smallest absolute Gasteiger partial charge is 0.179 e. The zero-order valence-corrected chi connectivity index (χ0v) is 16.5. The zero-order valence-electron chi connectivity index (χ0n) is 16.5. The lowest BCUT2D eigenvalue weighted by molar-refractivity contribution is 0.374. The minimum atomic E-state index is -0.433. The first-order chi connectivity index (χ1) is 13.5. The molecule has 0 spiro atoms. The lowest BCUT2D eigenvalue weighted by Crippen LogP contribution is -2.17. The summed E-state index contributed by atoms with van der Waals surface area (Å²) >= 11 is 0. The largest absolute Gasteiger partial charge is 0.493 e. The topological polar surface area (TPSA) is 69.4 Å². The van der Waals surface area contributed by atoms with Crippen molar-refractivity contribution >= 4 is 16.6 Å². The molecule has 5 nitrogen and oxygen atoms in total. The van der Waals surface area contributed by atoms with Gasteiger partial charge in [-0.1, -0.05) is 12.1 Å². The molecule has 1 aromatic heterocycles. The molecule has 1 atom stereocenters. The second kappa shape index (κ2) is 8.89. The number of hydrogen-bond acceptors (Lipinski definition) is 5. The van der Waals surface area contributed by atoms with Gasteiger partial charge in [0.2, 0.25) is 0 Å². The van der Waals surface area contributed by atoms with E-state index in [1.165, 1.54) is 6.07 Å². The first-order valence-corrected chi connectivity index (χ1v) is 9.40. The van der Waals surface area contributed by atoms with Crippen LogP contribution in [0.2, 0.25) is 0 Å². The zero-order chi connectivity index (χ0) is 20.1. The van der Waals surface area contributed by atoms with E-state index in [-0.39, 0.29) is 11.8 Å². The molecule has 3 aromatic rings. The summed E-state index contributed by atoms with van der Waals surface area (Å²) in [6.07, 6.45) is 3.64. The number of hydrogen-bond donors (Lipinski definition) is 2. The van der Waals surface area contributed by atoms with Crippen molar-refractivity contribution in [1.29, 1.82) is 0 Å². The van der Waals surface area contributed by atoms with Gasteiger partial charge < -0.3 is 20.5 Å². The molecule has 0 aliphatic rings. The van der Waals surface area contributed by atoms with E-state index in [1.807, 2.05) is 19.1 Å². The van der Waals surface area contributed by atoms with E-state index in [4.69, 9.17) is 15.2 Å². The Hall–Kier alpha value is -2.86. The van der Waals surface area contributed by atoms with Gasteiger partial charge in [0.1, 0.15) is 0 Å². The molecule has 0 saturated heterocycles. The van der Waals surface area contributed by atoms with E-state index in [9.17, 15) is 4.39 Å². The van der Waals surface area contributed by atoms with Crippen LogP contribution in [0.1, 0.15) is 25.3 Å². The Kier molecular flexibility index (Phi) is 6.31. The van der Waals surface area contributed by atoms with Gasteiger partial charge in [-0.3, -0.25) is 4.98 Å². The molecular weight excluding hydrogens is 357 g/mol. The van der Waals surface area contributed by atoms with E-state index in [0.29, 0.717) is 18.0 Å². The first-order valence-electron chi connectivity index (χ1n) is 9.40. The molecule has 1 heterocycles. The van der Waals surface area contributed by atoms with Gasteiger partial charge >= 0.3 is 0 Å². The van der Waals surface area contributed by atoms with E-state index >= 15 is 0 Å². The summed E-state index contributed by atoms with van der Waals surface area (Å²) in [5.41, 5.74) is 8.19. The Morgan fingerprint density at radius 2 is 2.00 bits per heavy atom. The van der Waals surface area contributed by atoms with E-state index in [1.54, 1.807) is 31.5 Å². The Morgan fingerprint density at radius 3 is 2.71 bits per heavy atom. The molecule has 0 radical (unpaired) electrons. The van der Waals surface area contributed by atoms with Gasteiger partial charge in [0.25, 0.3) is 0 Å². The Labute approximate surface area is 164 Å². The average molecular weight is 383 g/mol. The molecule has 0 fully saturated rings. The number of nitrogens with one attached hydrogen (secondary N) is 1. The monoisotopic (exact) mass is 383 g/mol. The van der Waals surface area contributed by atoms with Crippen LogP contribution < -0.4 is 20.5 Å². The van der Waals surface area contributed by atoms with Crippen molar-refractivity contribution in [2.24, 2.45) is 5.73 Å². The van der Waals surface area contributed by atoms with Crippen molar-refractivity contribution in [1.82, 2.24) is 4.98 Å². The van der Waals surface area contributed by atoms with Gasteiger partial charge in [-0.15, -0.1) is 0 Å². The fraction of sp³-hybridized carbons (Fsp3) is 0.318. The third-order valence-corrected chi connectivity index (χ3v) is 4.65. The number of pyridine rings is 1. The summed E-state index contributed by atoms with van der Waals surface area (Å²) in [6, 6.07) is 10.3. The Morgan fingerprint density at radius 1 is 1.21 bits per heavy atom. The molecule has 3 rings (SSSR count). The quantitative estimate of drug-likeness (QED) is 0.571. The maximum Gasteiger partial charge on any atom is 0.179 e. The number of fused-ring (bicyclic) bond motifs is 1. The van der Waals surface area contributed by atoms with Crippen molar-refractivity contribution in [3.63, 3.8) is 0 Å². The van der Waals surface area contributed by atoms with Gasteiger partial charge in [0.05, 0.1) is 23.7 Å². The molecule has 0 aliphatic heterocycles. The fourth-order valence-electron chi connectivity index (χ4n) is 3.20. The highest BCUT2D eigenvalue weighted by Gasteiger charge is 2.19. The molecule has 3 N–H and O–H groups in total. The number of nitrogens with zero attached hydrogens (tertiary/aromatic N) is 1. The number of aromatic nitrogens is 1. The molecule has 0 amide bonds. The van der Waals surface area contributed by atoms with Gasteiger partial charge in [-0.25, -0.2) is 4.39 Å². The molecule has 0 bridgehead atoms. The molecule has 148 valence electrons. The third-order valence-electron chi connectivity index (χ3n) is 4.65. The van der Waals surface area contributed by atoms with Crippen LogP contribution >= 0.6 is 0 Å². The highest BCUT2D eigenvalue weighted by atomic mass is 19.1. The number of benzene rings is 2. The summed E-state index contributed by atoms with van der Waals surface area (Å²) in [4.78, 5) is 4.56. The SMILES string of the molecule is COc1cc(NC(C)CCCN)c2nccc(C)c2c1Oc1ccccc1F. The minimum Gasteiger partial charge on any atom is -0.493 e. The lowest BCUT2D eigenvalue weighted by Gasteiger charge is -2.20. The van der Waals surface area contributed by atoms with Gasteiger partial charge in [-0.2, -0.15) is 0 Å². The summed E-state index contributed by atoms with van der Waals surface area (Å²) < 4.78 is 25.7. The van der Waals surface area contributed by atoms with E-state index in [0.717, 1.165) is 35.0 Å². The summed E-state index contributed by atoms with van der Waals surface area (Å²) in [6.45, 7) is 4.73. The highest BCUT2D eigenvalue weighted by molar-refractivity contribution is 5.99. The first kappa shape index (κ1) is 19.9. The Balaban J connectivity index is 2.11. The molecule has 28 heavy (non-hydrogen) atoms. The summed E-state index contributed by atoms with van der Waals surface area (Å²) in [5, 5.41) is 4.29. The highest BCUT2D eigenvalue weighted by Crippen LogP contribution is 2.43. The van der Waals surface area contributed by atoms with Crippen LogP contribution in [-0.4, -0.2) is 24.7 Å². The number of rotatable bonds is 8. The van der Waals surface area contributed by atoms with E-state index < -0.39 is 5.82 Å². The van der Waals surface area contributed by atoms with Gasteiger partial charge in [0, 0.05) is 18.3 Å². The summed E-state index contributed by atoms with van der Waals surface area (Å²) in [7, 11) is 1.57. The van der Waals surface area contributed by atoms with Crippen LogP contribution in [0.25, 0.3) is 10.9 Å².